The predicted octanol–water partition coefficient (Wildman–Crippen LogP) is -0.946. The molecule has 0 aromatic heterocycles. The van der Waals surface area contributed by atoms with Gasteiger partial charge >= 0.3 is 35.5 Å². The number of aliphatic hydroxyl groups is 2. The Morgan fingerprint density at radius 1 is 1.33 bits per heavy atom. The molecule has 0 aliphatic heterocycles. The summed E-state index contributed by atoms with van der Waals surface area (Å²) in [5, 5.41) is 24.1. The van der Waals surface area contributed by atoms with Crippen LogP contribution in [0.4, 0.5) is 0 Å². The van der Waals surface area contributed by atoms with Gasteiger partial charge in [-0.3, -0.25) is 4.79 Å². The van der Waals surface area contributed by atoms with Gasteiger partial charge in [0.15, 0.2) is 5.05 Å². The van der Waals surface area contributed by atoms with Crippen LogP contribution in [0.25, 0.3) is 0 Å². The number of carbonyl (C=O) groups is 1. The van der Waals surface area contributed by atoms with Gasteiger partial charge in [-0.1, -0.05) is 0 Å². The summed E-state index contributed by atoms with van der Waals surface area (Å²) < 4.78 is 0. The average molecular weight is 568 g/mol. The van der Waals surface area contributed by atoms with Gasteiger partial charge in [0.2, 0.25) is 0 Å². The van der Waals surface area contributed by atoms with Gasteiger partial charge in [0.25, 0.3) is 0 Å². The van der Waals surface area contributed by atoms with E-state index in [1.807, 2.05) is 0 Å². The van der Waals surface area contributed by atoms with Gasteiger partial charge in [-0.25, -0.2) is 0 Å². The third kappa shape index (κ3) is 14.3. The maximum atomic E-state index is 9.78. The van der Waals surface area contributed by atoms with E-state index in [0.717, 1.165) is 0 Å². The Bertz CT molecular complexity index is 145. The molecule has 76 valence electrons. The van der Waals surface area contributed by atoms with Crippen molar-refractivity contribution in [2.75, 3.05) is 0 Å². The molecule has 0 aliphatic carbocycles. The Morgan fingerprint density at radius 2 is 1.67 bits per heavy atom. The number of hydrogen-bond acceptors (Lipinski definition) is 3. The van der Waals surface area contributed by atoms with Crippen molar-refractivity contribution in [1.82, 2.24) is 0 Å². The van der Waals surface area contributed by atoms with E-state index in [9.17, 15) is 4.79 Å². The minimum absolute atomic E-state index is 0. The second kappa shape index (κ2) is 12.8. The fourth-order valence-electron chi connectivity index (χ4n) is 0.253. The molecule has 0 spiro atoms. The number of aliphatic hydroxyl groups excluding tert-OH is 2. The van der Waals surface area contributed by atoms with Crippen LogP contribution in [0.2, 0.25) is 0 Å². The van der Waals surface area contributed by atoms with Crippen molar-refractivity contribution >= 4 is 52.8 Å². The van der Waals surface area contributed by atoms with Crippen molar-refractivity contribution in [3.8, 4) is 0 Å². The normalized spacial score (nSPS) is 9.42. The molecule has 0 fully saturated rings. The third-order valence-corrected chi connectivity index (χ3v) is 0.925. The average Bonchev–Trinajstić information content (AvgIpc) is 1.63. The molecule has 0 saturated heterocycles. The fourth-order valence-corrected chi connectivity index (χ4v) is 0.336. The Morgan fingerprint density at radius 3 is 1.75 bits per heavy atom. The van der Waals surface area contributed by atoms with E-state index in [0.29, 0.717) is 0 Å². The quantitative estimate of drug-likeness (QED) is 0.303. The van der Waals surface area contributed by atoms with Gasteiger partial charge < -0.3 is 15.3 Å². The predicted molar refractivity (Wildman–Crippen MR) is 40.6 cm³/mol. The zero-order valence-corrected chi connectivity index (χ0v) is 10.2. The van der Waals surface area contributed by atoms with Gasteiger partial charge in [-0.2, -0.15) is 0 Å². The van der Waals surface area contributed by atoms with Crippen LogP contribution in [0.15, 0.2) is 0 Å². The first-order valence-electron chi connectivity index (χ1n) is 2.16. The van der Waals surface area contributed by atoms with Gasteiger partial charge in [0.1, 0.15) is 6.10 Å². The summed E-state index contributed by atoms with van der Waals surface area (Å²) >= 11 is 4.08. The SMILES string of the molecule is O=C(O)CC(O)C(O)=S.[Au].[Au].[NaH]. The van der Waals surface area contributed by atoms with Crippen molar-refractivity contribution in [3.05, 3.63) is 0 Å². The Balaban J connectivity index is -0.000000107. The molecular weight excluding hydrogens is 561 g/mol. The second-order valence-corrected chi connectivity index (χ2v) is 1.87. The number of aliphatic carboxylic acids is 1. The molecule has 0 amide bonds. The molecule has 0 aromatic rings. The number of thiocarbonyl (C=S) groups is 1. The number of hydrogen-bond donors (Lipinski definition) is 3. The molecule has 3 N–H and O–H groups in total. The van der Waals surface area contributed by atoms with Crippen LogP contribution in [-0.4, -0.2) is 62.0 Å². The third-order valence-electron chi connectivity index (χ3n) is 0.653. The van der Waals surface area contributed by atoms with Crippen LogP contribution < -0.4 is 0 Å². The monoisotopic (exact) mass is 568 g/mol. The van der Waals surface area contributed by atoms with Crippen molar-refractivity contribution in [1.29, 1.82) is 0 Å². The first-order valence-corrected chi connectivity index (χ1v) is 2.57. The standard InChI is InChI=1S/C4H6O4S.2Au.Na.H/c5-2(4(8)9)1-3(6)7;;;;/h2,5H,1H2,(H,6,7)(H,8,9);;;;. The minimum atomic E-state index is -1.42. The summed E-state index contributed by atoms with van der Waals surface area (Å²) in [5.74, 6) is -1.20. The second-order valence-electron chi connectivity index (χ2n) is 1.45. The Kier molecular flexibility index (Phi) is 25.1. The van der Waals surface area contributed by atoms with Crippen LogP contribution >= 0.6 is 12.2 Å². The maximum absolute atomic E-state index is 9.78. The number of carboxylic acids is 1. The molecule has 8 heteroatoms. The molecule has 0 heterocycles. The first kappa shape index (κ1) is 23.5. The molecule has 0 saturated carbocycles. The molecule has 1 unspecified atom stereocenters. The molecule has 4 nitrogen and oxygen atoms in total. The zero-order chi connectivity index (χ0) is 7.44. The molecule has 1 atom stereocenters. The van der Waals surface area contributed by atoms with Crippen molar-refractivity contribution in [2.24, 2.45) is 0 Å². The van der Waals surface area contributed by atoms with Crippen LogP contribution in [0, 0.1) is 0 Å². The van der Waals surface area contributed by atoms with Crippen molar-refractivity contribution in [3.63, 3.8) is 0 Å². The van der Waals surface area contributed by atoms with Gasteiger partial charge in [-0.05, 0) is 12.2 Å². The molecule has 0 rings (SSSR count). The van der Waals surface area contributed by atoms with Crippen LogP contribution in [0.3, 0.4) is 0 Å². The summed E-state index contributed by atoms with van der Waals surface area (Å²) in [6.07, 6.45) is -1.97. The van der Waals surface area contributed by atoms with Gasteiger partial charge in [0, 0.05) is 44.8 Å². The molecule has 0 aromatic carbocycles. The van der Waals surface area contributed by atoms with E-state index in [-0.39, 0.29) is 74.3 Å². The summed E-state index contributed by atoms with van der Waals surface area (Å²) in [6.45, 7) is 0. The summed E-state index contributed by atoms with van der Waals surface area (Å²) in [4.78, 5) is 9.78. The molecule has 0 bridgehead atoms. The van der Waals surface area contributed by atoms with E-state index in [4.69, 9.17) is 15.3 Å². The summed E-state index contributed by atoms with van der Waals surface area (Å²) in [6, 6.07) is 0. The topological polar surface area (TPSA) is 77.8 Å². The van der Waals surface area contributed by atoms with Crippen LogP contribution in [-0.2, 0) is 49.6 Å². The summed E-state index contributed by atoms with van der Waals surface area (Å²) in [7, 11) is 0. The summed E-state index contributed by atoms with van der Waals surface area (Å²) in [5.41, 5.74) is 0. The van der Waals surface area contributed by atoms with Crippen LogP contribution in [0.1, 0.15) is 6.42 Å². The number of carboxylic acid groups (broad SMARTS) is 1. The number of rotatable bonds is 3. The molecule has 2 radical (unpaired) electrons. The van der Waals surface area contributed by atoms with Gasteiger partial charge in [0.05, 0.1) is 6.42 Å². The van der Waals surface area contributed by atoms with Gasteiger partial charge in [-0.15, -0.1) is 0 Å². The fraction of sp³-hybridized carbons (Fsp3) is 0.500. The van der Waals surface area contributed by atoms with E-state index < -0.39 is 23.5 Å². The Hall–Kier alpha value is 1.80. The van der Waals surface area contributed by atoms with Crippen molar-refractivity contribution < 1.29 is 64.9 Å². The van der Waals surface area contributed by atoms with E-state index >= 15 is 0 Å². The first-order chi connectivity index (χ1) is 4.04. The van der Waals surface area contributed by atoms with E-state index in [1.165, 1.54) is 0 Å². The Labute approximate surface area is 128 Å². The molecule has 12 heavy (non-hydrogen) atoms. The van der Waals surface area contributed by atoms with E-state index in [1.54, 1.807) is 0 Å². The zero-order valence-electron chi connectivity index (χ0n) is 5.05. The van der Waals surface area contributed by atoms with E-state index in [2.05, 4.69) is 12.2 Å². The molecular formula is C4H7Au2NaO4S. The molecule has 0 aliphatic rings. The van der Waals surface area contributed by atoms with Crippen molar-refractivity contribution in [2.45, 2.75) is 12.5 Å². The van der Waals surface area contributed by atoms with Crippen LogP contribution in [0.5, 0.6) is 0 Å².